The fraction of sp³-hybridized carbons (Fsp3) is 0.650. The fourth-order valence-electron chi connectivity index (χ4n) is 3.50. The van der Waals surface area contributed by atoms with Gasteiger partial charge < -0.3 is 9.47 Å². The lowest BCUT2D eigenvalue weighted by Gasteiger charge is -2.22. The van der Waals surface area contributed by atoms with Crippen LogP contribution in [0.15, 0.2) is 17.9 Å². The van der Waals surface area contributed by atoms with Crippen LogP contribution in [0.4, 0.5) is 0 Å². The van der Waals surface area contributed by atoms with Crippen molar-refractivity contribution in [3.05, 3.63) is 34.3 Å². The van der Waals surface area contributed by atoms with Crippen LogP contribution in [-0.4, -0.2) is 56.4 Å². The Kier molecular flexibility index (Phi) is 7.01. The molecule has 2 aromatic heterocycles. The van der Waals surface area contributed by atoms with Crippen LogP contribution >= 0.6 is 11.3 Å². The lowest BCUT2D eigenvalue weighted by Crippen LogP contribution is -2.35. The fourth-order valence-corrected chi connectivity index (χ4v) is 4.37. The molecule has 0 unspecified atom stereocenters. The molecule has 1 aliphatic rings. The van der Waals surface area contributed by atoms with Crippen LogP contribution in [0.25, 0.3) is 0 Å². The van der Waals surface area contributed by atoms with Gasteiger partial charge in [0.1, 0.15) is 5.69 Å². The van der Waals surface area contributed by atoms with Crippen molar-refractivity contribution in [2.75, 3.05) is 26.2 Å². The SMILES string of the molecule is CCCc1nc(C(=O)N2CCCN(Cc3cncn3CC(C)C)CC2)cs1. The number of nitrogens with zero attached hydrogens (tertiary/aromatic N) is 5. The summed E-state index contributed by atoms with van der Waals surface area (Å²) in [4.78, 5) is 26.1. The van der Waals surface area contributed by atoms with Gasteiger partial charge in [0, 0.05) is 50.8 Å². The van der Waals surface area contributed by atoms with Gasteiger partial charge >= 0.3 is 0 Å². The summed E-state index contributed by atoms with van der Waals surface area (Å²) in [5.74, 6) is 0.686. The third-order valence-corrected chi connectivity index (χ3v) is 5.77. The zero-order valence-electron chi connectivity index (χ0n) is 16.7. The minimum atomic E-state index is 0.0836. The molecular weight excluding hydrogens is 358 g/mol. The van der Waals surface area contributed by atoms with E-state index in [-0.39, 0.29) is 5.91 Å². The normalized spacial score (nSPS) is 16.1. The highest BCUT2D eigenvalue weighted by Gasteiger charge is 2.22. The van der Waals surface area contributed by atoms with Gasteiger partial charge in [-0.1, -0.05) is 20.8 Å². The van der Waals surface area contributed by atoms with Crippen LogP contribution in [0, 0.1) is 5.92 Å². The van der Waals surface area contributed by atoms with Gasteiger partial charge in [-0.05, 0) is 25.2 Å². The summed E-state index contributed by atoms with van der Waals surface area (Å²) in [5.41, 5.74) is 1.87. The summed E-state index contributed by atoms with van der Waals surface area (Å²) < 4.78 is 2.25. The zero-order chi connectivity index (χ0) is 19.2. The van der Waals surface area contributed by atoms with Crippen molar-refractivity contribution in [1.29, 1.82) is 0 Å². The van der Waals surface area contributed by atoms with Crippen molar-refractivity contribution >= 4 is 17.2 Å². The van der Waals surface area contributed by atoms with Crippen LogP contribution in [0.2, 0.25) is 0 Å². The van der Waals surface area contributed by atoms with Gasteiger partial charge in [0.25, 0.3) is 5.91 Å². The predicted molar refractivity (Wildman–Crippen MR) is 109 cm³/mol. The summed E-state index contributed by atoms with van der Waals surface area (Å²) in [6.07, 6.45) is 6.92. The number of imidazole rings is 1. The molecular formula is C20H31N5OS. The van der Waals surface area contributed by atoms with E-state index in [0.29, 0.717) is 11.6 Å². The Labute approximate surface area is 166 Å². The highest BCUT2D eigenvalue weighted by molar-refractivity contribution is 7.09. The number of carbonyl (C=O) groups is 1. The standard InChI is InChI=1S/C20H31N5OS/c1-4-6-19-22-18(14-27-19)20(26)24-8-5-7-23(9-10-24)13-17-11-21-15-25(17)12-16(2)3/h11,14-16H,4-10,12-13H2,1-3H3. The highest BCUT2D eigenvalue weighted by atomic mass is 32.1. The van der Waals surface area contributed by atoms with Crippen molar-refractivity contribution in [3.8, 4) is 0 Å². The van der Waals surface area contributed by atoms with Gasteiger partial charge in [0.2, 0.25) is 0 Å². The third-order valence-electron chi connectivity index (χ3n) is 4.86. The van der Waals surface area contributed by atoms with Crippen LogP contribution < -0.4 is 0 Å². The number of rotatable bonds is 7. The van der Waals surface area contributed by atoms with Gasteiger partial charge in [-0.15, -0.1) is 11.3 Å². The Morgan fingerprint density at radius 2 is 2.11 bits per heavy atom. The molecule has 27 heavy (non-hydrogen) atoms. The second kappa shape index (κ2) is 9.46. The third kappa shape index (κ3) is 5.39. The summed E-state index contributed by atoms with van der Waals surface area (Å²) in [7, 11) is 0. The molecule has 7 heteroatoms. The number of aryl methyl sites for hydroxylation is 1. The Balaban J connectivity index is 1.57. The number of thiazole rings is 1. The van der Waals surface area contributed by atoms with Crippen LogP contribution in [0.1, 0.15) is 54.8 Å². The molecule has 1 saturated heterocycles. The second-order valence-electron chi connectivity index (χ2n) is 7.73. The van der Waals surface area contributed by atoms with E-state index in [1.54, 1.807) is 11.3 Å². The molecule has 0 aliphatic carbocycles. The second-order valence-corrected chi connectivity index (χ2v) is 8.67. The van der Waals surface area contributed by atoms with E-state index in [2.05, 4.69) is 40.2 Å². The minimum absolute atomic E-state index is 0.0836. The average Bonchev–Trinajstić information content (AvgIpc) is 3.19. The van der Waals surface area contributed by atoms with Gasteiger partial charge in [0.15, 0.2) is 0 Å². The Morgan fingerprint density at radius 1 is 1.26 bits per heavy atom. The van der Waals surface area contributed by atoms with Crippen molar-refractivity contribution in [3.63, 3.8) is 0 Å². The average molecular weight is 390 g/mol. The summed E-state index contributed by atoms with van der Waals surface area (Å²) in [5, 5.41) is 2.98. The van der Waals surface area contributed by atoms with E-state index in [9.17, 15) is 4.79 Å². The van der Waals surface area contributed by atoms with Crippen LogP contribution in [-0.2, 0) is 19.5 Å². The summed E-state index contributed by atoms with van der Waals surface area (Å²) in [6.45, 7) is 12.0. The molecule has 0 N–H and O–H groups in total. The molecule has 0 radical (unpaired) electrons. The molecule has 148 valence electrons. The molecule has 0 aromatic carbocycles. The molecule has 1 amide bonds. The van der Waals surface area contributed by atoms with Crippen molar-refractivity contribution < 1.29 is 4.79 Å². The number of carbonyl (C=O) groups excluding carboxylic acids is 1. The number of hydrogen-bond donors (Lipinski definition) is 0. The molecule has 0 atom stereocenters. The maximum Gasteiger partial charge on any atom is 0.273 e. The molecule has 3 heterocycles. The predicted octanol–water partition coefficient (Wildman–Crippen LogP) is 3.30. The van der Waals surface area contributed by atoms with Crippen molar-refractivity contribution in [2.24, 2.45) is 5.92 Å². The first kappa shape index (κ1) is 20.0. The van der Waals surface area contributed by atoms with E-state index in [0.717, 1.165) is 63.5 Å². The molecule has 3 rings (SSSR count). The first-order valence-corrected chi connectivity index (χ1v) is 10.9. The molecule has 0 bridgehead atoms. The minimum Gasteiger partial charge on any atom is -0.336 e. The van der Waals surface area contributed by atoms with E-state index in [1.807, 2.05) is 22.8 Å². The first-order valence-electron chi connectivity index (χ1n) is 10.0. The quantitative estimate of drug-likeness (QED) is 0.729. The van der Waals surface area contributed by atoms with Gasteiger partial charge in [-0.3, -0.25) is 9.69 Å². The van der Waals surface area contributed by atoms with E-state index >= 15 is 0 Å². The lowest BCUT2D eigenvalue weighted by molar-refractivity contribution is 0.0755. The number of amides is 1. The monoisotopic (exact) mass is 389 g/mol. The van der Waals surface area contributed by atoms with Gasteiger partial charge in [0.05, 0.1) is 17.0 Å². The van der Waals surface area contributed by atoms with E-state index in [4.69, 9.17) is 0 Å². The molecule has 1 aliphatic heterocycles. The molecule has 0 saturated carbocycles. The van der Waals surface area contributed by atoms with Gasteiger partial charge in [-0.25, -0.2) is 9.97 Å². The molecule has 6 nitrogen and oxygen atoms in total. The van der Waals surface area contributed by atoms with Crippen LogP contribution in [0.5, 0.6) is 0 Å². The van der Waals surface area contributed by atoms with Crippen LogP contribution in [0.3, 0.4) is 0 Å². The highest BCUT2D eigenvalue weighted by Crippen LogP contribution is 2.16. The van der Waals surface area contributed by atoms with Crippen molar-refractivity contribution in [2.45, 2.75) is 53.1 Å². The largest absolute Gasteiger partial charge is 0.336 e. The first-order chi connectivity index (χ1) is 13.1. The molecule has 1 fully saturated rings. The summed E-state index contributed by atoms with van der Waals surface area (Å²) >= 11 is 1.60. The Hall–Kier alpha value is -1.73. The Bertz CT molecular complexity index is 738. The van der Waals surface area contributed by atoms with E-state index in [1.165, 1.54) is 5.69 Å². The van der Waals surface area contributed by atoms with Crippen molar-refractivity contribution in [1.82, 2.24) is 24.3 Å². The smallest absolute Gasteiger partial charge is 0.273 e. The molecule has 0 spiro atoms. The molecule has 2 aromatic rings. The van der Waals surface area contributed by atoms with E-state index < -0.39 is 0 Å². The zero-order valence-corrected chi connectivity index (χ0v) is 17.5. The van der Waals surface area contributed by atoms with Gasteiger partial charge in [-0.2, -0.15) is 0 Å². The topological polar surface area (TPSA) is 54.3 Å². The maximum absolute atomic E-state index is 12.8. The lowest BCUT2D eigenvalue weighted by atomic mass is 10.2. The summed E-state index contributed by atoms with van der Waals surface area (Å²) in [6, 6.07) is 0. The maximum atomic E-state index is 12.8. The number of aromatic nitrogens is 3. The number of hydrogen-bond acceptors (Lipinski definition) is 5. The Morgan fingerprint density at radius 3 is 2.89 bits per heavy atom.